The van der Waals surface area contributed by atoms with Crippen molar-refractivity contribution in [3.63, 3.8) is 0 Å². The van der Waals surface area contributed by atoms with Crippen molar-refractivity contribution in [2.75, 3.05) is 52.7 Å². The van der Waals surface area contributed by atoms with Gasteiger partial charge >= 0.3 is 17.9 Å². The average molecular weight is 995 g/mol. The minimum absolute atomic E-state index is 0.00548. The van der Waals surface area contributed by atoms with Gasteiger partial charge in [-0.1, -0.05) is 142 Å². The molecule has 0 amide bonds. The van der Waals surface area contributed by atoms with Crippen LogP contribution < -0.4 is 0 Å². The normalized spacial score (nSPS) is 27.7. The second-order valence-corrected chi connectivity index (χ2v) is 24.2. The molecule has 1 unspecified atom stereocenters. The number of piperidine rings is 1. The highest BCUT2D eigenvalue weighted by atomic mass is 16.6. The zero-order chi connectivity index (χ0) is 50.9. The molecule has 71 heavy (non-hydrogen) atoms. The quantitative estimate of drug-likeness (QED) is 0.0266. The van der Waals surface area contributed by atoms with Gasteiger partial charge in [0.25, 0.3) is 0 Å². The van der Waals surface area contributed by atoms with Crippen LogP contribution in [0.5, 0.6) is 0 Å². The molecule has 0 spiro atoms. The average Bonchev–Trinajstić information content (AvgIpc) is 3.71. The monoisotopic (exact) mass is 994 g/mol. The van der Waals surface area contributed by atoms with Crippen LogP contribution in [-0.2, 0) is 38.1 Å². The van der Waals surface area contributed by atoms with Gasteiger partial charge in [-0.15, -0.1) is 0 Å². The predicted octanol–water partition coefficient (Wildman–Crippen LogP) is 15.0. The Morgan fingerprint density at radius 2 is 1.41 bits per heavy atom. The van der Waals surface area contributed by atoms with Crippen molar-refractivity contribution in [2.45, 2.75) is 247 Å². The van der Waals surface area contributed by atoms with Crippen LogP contribution in [0.3, 0.4) is 0 Å². The number of carbonyl (C=O) groups is 3. The van der Waals surface area contributed by atoms with Gasteiger partial charge in [0.05, 0.1) is 44.7 Å². The molecule has 1 aliphatic heterocycles. The van der Waals surface area contributed by atoms with Crippen molar-refractivity contribution in [3.05, 3.63) is 23.8 Å². The second-order valence-electron chi connectivity index (χ2n) is 24.2. The summed E-state index contributed by atoms with van der Waals surface area (Å²) in [5.74, 6) is 3.99. The number of carbonyl (C=O) groups excluding carboxylic acids is 3. The third-order valence-electron chi connectivity index (χ3n) is 18.6. The van der Waals surface area contributed by atoms with E-state index >= 15 is 0 Å². The summed E-state index contributed by atoms with van der Waals surface area (Å²) in [4.78, 5) is 40.6. The number of rotatable bonds is 35. The van der Waals surface area contributed by atoms with Gasteiger partial charge in [-0.05, 0) is 156 Å². The van der Waals surface area contributed by atoms with E-state index in [1.54, 1.807) is 0 Å². The minimum atomic E-state index is -0.403. The number of ether oxygens (including phenoxy) is 5. The highest BCUT2D eigenvalue weighted by molar-refractivity contribution is 5.77. The molecule has 0 aromatic rings. The van der Waals surface area contributed by atoms with E-state index in [4.69, 9.17) is 23.7 Å². The van der Waals surface area contributed by atoms with E-state index in [0.717, 1.165) is 87.1 Å². The molecule has 0 N–H and O–H groups in total. The second kappa shape index (κ2) is 32.3. The number of likely N-dealkylation sites (tertiary alicyclic amines) is 1. The molecule has 9 nitrogen and oxygen atoms in total. The molecule has 5 aliphatic rings. The van der Waals surface area contributed by atoms with Crippen LogP contribution in [0.2, 0.25) is 0 Å². The van der Waals surface area contributed by atoms with E-state index in [0.29, 0.717) is 31.8 Å². The smallest absolute Gasteiger partial charge is 0.309 e. The molecular formula is C62H107NO8. The summed E-state index contributed by atoms with van der Waals surface area (Å²) in [5, 5.41) is 0. The highest BCUT2D eigenvalue weighted by Crippen LogP contribution is 2.67. The van der Waals surface area contributed by atoms with Crippen LogP contribution in [0.15, 0.2) is 23.8 Å². The van der Waals surface area contributed by atoms with Crippen molar-refractivity contribution >= 4 is 17.9 Å². The summed E-state index contributed by atoms with van der Waals surface area (Å²) >= 11 is 0. The maximum atomic E-state index is 13.1. The molecule has 9 heteroatoms. The number of fused-ring (bicyclic) bond motifs is 5. The molecule has 1 heterocycles. The summed E-state index contributed by atoms with van der Waals surface area (Å²) < 4.78 is 29.3. The number of allylic oxidation sites excluding steroid dienone is 3. The van der Waals surface area contributed by atoms with Gasteiger partial charge in [0.1, 0.15) is 12.7 Å². The topological polar surface area (TPSA) is 101 Å². The summed E-state index contributed by atoms with van der Waals surface area (Å²) in [6.07, 6.45) is 40.2. The van der Waals surface area contributed by atoms with Gasteiger partial charge in [-0.3, -0.25) is 14.4 Å². The first-order chi connectivity index (χ1) is 34.4. The maximum absolute atomic E-state index is 13.1. The van der Waals surface area contributed by atoms with E-state index in [1.165, 1.54) is 140 Å². The molecule has 1 saturated heterocycles. The van der Waals surface area contributed by atoms with E-state index in [2.05, 4.69) is 64.7 Å². The van der Waals surface area contributed by atoms with E-state index in [-0.39, 0.29) is 61.5 Å². The Kier molecular flexibility index (Phi) is 27.1. The molecule has 5 rings (SSSR count). The lowest BCUT2D eigenvalue weighted by Crippen LogP contribution is -2.51. The lowest BCUT2D eigenvalue weighted by molar-refractivity contribution is -0.156. The number of esters is 3. The fraction of sp³-hybridized carbons (Fsp3) is 0.887. The van der Waals surface area contributed by atoms with Crippen molar-refractivity contribution in [1.29, 1.82) is 0 Å². The SMILES string of the molecule is CCCCCCCC/C=C\CCCCCCCCOCC(CN1CCC(C(=O)OCC)CC1)OCCOC(=O)CCC(=O)O[C@H]1CC[C@@]2(C)C(=CC[C@H]3[C@H]4CC[C@H]([C@H](C)CCCC(C)C)[C@@]4(C)CC[C@@H]32)C1. The largest absolute Gasteiger partial charge is 0.466 e. The van der Waals surface area contributed by atoms with E-state index in [1.807, 2.05) is 6.92 Å². The molecule has 4 aliphatic carbocycles. The lowest BCUT2D eigenvalue weighted by atomic mass is 9.47. The van der Waals surface area contributed by atoms with Gasteiger partial charge in [0.2, 0.25) is 0 Å². The van der Waals surface area contributed by atoms with Gasteiger partial charge in [-0.2, -0.15) is 0 Å². The highest BCUT2D eigenvalue weighted by Gasteiger charge is 2.59. The first kappa shape index (κ1) is 59.6. The van der Waals surface area contributed by atoms with Crippen molar-refractivity contribution < 1.29 is 38.1 Å². The Hall–Kier alpha value is -2.23. The van der Waals surface area contributed by atoms with Gasteiger partial charge in [-0.25, -0.2) is 0 Å². The molecule has 0 radical (unpaired) electrons. The number of hydrogen-bond donors (Lipinski definition) is 0. The van der Waals surface area contributed by atoms with Crippen LogP contribution >= 0.6 is 0 Å². The van der Waals surface area contributed by atoms with Crippen LogP contribution in [0.4, 0.5) is 0 Å². The zero-order valence-corrected chi connectivity index (χ0v) is 46.8. The van der Waals surface area contributed by atoms with Gasteiger partial charge < -0.3 is 28.6 Å². The Bertz CT molecular complexity index is 1590. The summed E-state index contributed by atoms with van der Waals surface area (Å²) in [7, 11) is 0. The van der Waals surface area contributed by atoms with E-state index in [9.17, 15) is 14.4 Å². The molecule has 0 bridgehead atoms. The van der Waals surface area contributed by atoms with Gasteiger partial charge in [0.15, 0.2) is 0 Å². The molecule has 4 fully saturated rings. The zero-order valence-electron chi connectivity index (χ0n) is 46.8. The minimum Gasteiger partial charge on any atom is -0.466 e. The third-order valence-corrected chi connectivity index (χ3v) is 18.6. The number of unbranched alkanes of at least 4 members (excludes halogenated alkanes) is 12. The molecule has 3 saturated carbocycles. The van der Waals surface area contributed by atoms with E-state index < -0.39 is 5.97 Å². The lowest BCUT2D eigenvalue weighted by Gasteiger charge is -2.58. The summed E-state index contributed by atoms with van der Waals surface area (Å²) in [5.41, 5.74) is 2.20. The Morgan fingerprint density at radius 3 is 2.11 bits per heavy atom. The third kappa shape index (κ3) is 19.4. The summed E-state index contributed by atoms with van der Waals surface area (Å²) in [6, 6.07) is 0. The predicted molar refractivity (Wildman–Crippen MR) is 289 cm³/mol. The molecular weight excluding hydrogens is 887 g/mol. The molecule has 0 aromatic carbocycles. The number of hydrogen-bond acceptors (Lipinski definition) is 9. The van der Waals surface area contributed by atoms with Crippen LogP contribution in [0.1, 0.15) is 235 Å². The molecule has 408 valence electrons. The Balaban J connectivity index is 0.956. The first-order valence-corrected chi connectivity index (χ1v) is 30.2. The standard InChI is InChI=1S/C62H107NO8/c1-8-10-11-12-13-14-15-16-17-18-19-20-21-22-23-24-42-67-47-53(46-63-40-36-50(37-41-63)60(66)68-9-2)69-43-44-70-58(64)32-33-59(65)71-52-34-38-61(6)51(45-52)28-29-54-56-31-30-55(49(5)27-25-26-48(3)4)62(56,7)39-35-57(54)61/h16-17,28,48-50,52-57H,8-15,18-27,29-47H2,1-7H3/b17-16-/t49-,52+,53?,54+,55-,56-,57+,61+,62-/m1/s1. The fourth-order valence-corrected chi connectivity index (χ4v) is 14.4. The number of nitrogens with zero attached hydrogens (tertiary/aromatic N) is 1. The van der Waals surface area contributed by atoms with Crippen molar-refractivity contribution in [2.24, 2.45) is 52.3 Å². The molecule has 0 aromatic heterocycles. The van der Waals surface area contributed by atoms with Crippen LogP contribution in [-0.4, -0.2) is 87.7 Å². The van der Waals surface area contributed by atoms with Crippen molar-refractivity contribution in [1.82, 2.24) is 4.90 Å². The van der Waals surface area contributed by atoms with Gasteiger partial charge in [0, 0.05) is 19.6 Å². The Morgan fingerprint density at radius 1 is 0.718 bits per heavy atom. The molecule has 9 atom stereocenters. The first-order valence-electron chi connectivity index (χ1n) is 30.2. The Labute approximate surface area is 434 Å². The fourth-order valence-electron chi connectivity index (χ4n) is 14.4. The van der Waals surface area contributed by atoms with Crippen molar-refractivity contribution in [3.8, 4) is 0 Å². The van der Waals surface area contributed by atoms with Crippen LogP contribution in [0.25, 0.3) is 0 Å². The van der Waals surface area contributed by atoms with Crippen LogP contribution in [0, 0.1) is 52.3 Å². The maximum Gasteiger partial charge on any atom is 0.309 e. The summed E-state index contributed by atoms with van der Waals surface area (Å²) in [6.45, 7) is 20.9.